The van der Waals surface area contributed by atoms with Gasteiger partial charge in [0.2, 0.25) is 5.91 Å². The average molecular weight is 252 g/mol. The molecule has 0 aliphatic carbocycles. The summed E-state index contributed by atoms with van der Waals surface area (Å²) in [5, 5.41) is 2.72. The van der Waals surface area contributed by atoms with Gasteiger partial charge in [-0.05, 0) is 19.1 Å². The minimum absolute atomic E-state index is 0.00424. The number of alkyl halides is 1. The minimum Gasteiger partial charge on any atom is -0.355 e. The largest absolute Gasteiger partial charge is 0.355 e. The maximum absolute atomic E-state index is 11.0. The topological polar surface area (TPSA) is 46.4 Å². The van der Waals surface area contributed by atoms with E-state index in [2.05, 4.69) is 10.3 Å². The van der Waals surface area contributed by atoms with E-state index < -0.39 is 0 Å². The highest BCUT2D eigenvalue weighted by atomic mass is 35.5. The van der Waals surface area contributed by atoms with E-state index in [0.29, 0.717) is 13.0 Å². The van der Waals surface area contributed by atoms with Gasteiger partial charge >= 0.3 is 0 Å². The molecule has 1 amide bonds. The number of hydrogen-bond donors (Lipinski definition) is 1. The van der Waals surface area contributed by atoms with E-state index >= 15 is 0 Å². The van der Waals surface area contributed by atoms with Gasteiger partial charge in [-0.15, -0.1) is 11.6 Å². The minimum atomic E-state index is -0.147. The van der Waals surface area contributed by atoms with Gasteiger partial charge in [-0.25, -0.2) is 4.98 Å². The van der Waals surface area contributed by atoms with Crippen LogP contribution in [0.1, 0.15) is 11.4 Å². The fourth-order valence-electron chi connectivity index (χ4n) is 1.70. The van der Waals surface area contributed by atoms with Crippen LogP contribution in [-0.2, 0) is 11.2 Å². The predicted molar refractivity (Wildman–Crippen MR) is 67.4 cm³/mol. The first-order chi connectivity index (χ1) is 8.20. The first kappa shape index (κ1) is 11.9. The van der Waals surface area contributed by atoms with Gasteiger partial charge in [0, 0.05) is 24.9 Å². The molecule has 2 aromatic heterocycles. The molecule has 0 radical (unpaired) electrons. The number of fused-ring (bicyclic) bond motifs is 1. The summed E-state index contributed by atoms with van der Waals surface area (Å²) in [5.41, 5.74) is 3.05. The maximum atomic E-state index is 11.0. The van der Waals surface area contributed by atoms with Crippen molar-refractivity contribution >= 4 is 23.2 Å². The number of aryl methyl sites for hydroxylation is 1. The summed E-state index contributed by atoms with van der Waals surface area (Å²) >= 11 is 5.39. The molecule has 4 nitrogen and oxygen atoms in total. The van der Waals surface area contributed by atoms with Crippen LogP contribution in [0, 0.1) is 6.92 Å². The Morgan fingerprint density at radius 3 is 3.06 bits per heavy atom. The van der Waals surface area contributed by atoms with Crippen molar-refractivity contribution in [3.8, 4) is 0 Å². The second kappa shape index (κ2) is 5.19. The first-order valence-corrected chi connectivity index (χ1v) is 6.00. The fourth-order valence-corrected chi connectivity index (χ4v) is 1.79. The van der Waals surface area contributed by atoms with Gasteiger partial charge in [-0.2, -0.15) is 0 Å². The molecule has 0 bridgehead atoms. The monoisotopic (exact) mass is 251 g/mol. The van der Waals surface area contributed by atoms with Crippen LogP contribution in [0.4, 0.5) is 0 Å². The molecule has 17 heavy (non-hydrogen) atoms. The third kappa shape index (κ3) is 2.77. The molecule has 2 rings (SSSR count). The van der Waals surface area contributed by atoms with Crippen LogP contribution in [0.2, 0.25) is 0 Å². The van der Waals surface area contributed by atoms with Crippen LogP contribution in [0.5, 0.6) is 0 Å². The Hall–Kier alpha value is -1.55. The molecule has 2 heterocycles. The predicted octanol–water partition coefficient (Wildman–Crippen LogP) is 1.54. The van der Waals surface area contributed by atoms with Gasteiger partial charge < -0.3 is 9.72 Å². The Kier molecular flexibility index (Phi) is 3.64. The molecular formula is C12H14ClN3O. The zero-order valence-corrected chi connectivity index (χ0v) is 10.4. The summed E-state index contributed by atoms with van der Waals surface area (Å²) in [6.07, 6.45) is 2.71. The Morgan fingerprint density at radius 2 is 2.35 bits per heavy atom. The number of aromatic nitrogens is 2. The molecule has 90 valence electrons. The van der Waals surface area contributed by atoms with Crippen molar-refractivity contribution in [2.45, 2.75) is 13.3 Å². The molecule has 0 fully saturated rings. The van der Waals surface area contributed by atoms with Crippen molar-refractivity contribution in [3.05, 3.63) is 35.8 Å². The highest BCUT2D eigenvalue weighted by molar-refractivity contribution is 6.27. The van der Waals surface area contributed by atoms with Gasteiger partial charge in [0.25, 0.3) is 0 Å². The molecule has 0 aliphatic heterocycles. The molecule has 1 N–H and O–H groups in total. The average Bonchev–Trinajstić information content (AvgIpc) is 2.73. The molecule has 0 unspecified atom stereocenters. The lowest BCUT2D eigenvalue weighted by molar-refractivity contribution is -0.118. The van der Waals surface area contributed by atoms with E-state index in [9.17, 15) is 4.79 Å². The van der Waals surface area contributed by atoms with E-state index in [0.717, 1.165) is 17.0 Å². The number of nitrogens with one attached hydrogen (secondary N) is 1. The smallest absolute Gasteiger partial charge is 0.234 e. The zero-order chi connectivity index (χ0) is 12.3. The summed E-state index contributed by atoms with van der Waals surface area (Å²) in [6.45, 7) is 2.60. The van der Waals surface area contributed by atoms with Crippen molar-refractivity contribution < 1.29 is 4.79 Å². The Bertz CT molecular complexity index is 536. The van der Waals surface area contributed by atoms with E-state index in [4.69, 9.17) is 11.6 Å². The second-order valence-electron chi connectivity index (χ2n) is 3.86. The summed E-state index contributed by atoms with van der Waals surface area (Å²) < 4.78 is 2.04. The standard InChI is InChI=1S/C12H14ClN3O/c1-9-3-2-4-11-15-10(8-16(9)11)5-6-14-12(17)7-13/h2-4,8H,5-7H2,1H3,(H,14,17). The van der Waals surface area contributed by atoms with Gasteiger partial charge in [0.1, 0.15) is 11.5 Å². The summed E-state index contributed by atoms with van der Waals surface area (Å²) in [7, 11) is 0. The number of carbonyl (C=O) groups excluding carboxylic acids is 1. The van der Waals surface area contributed by atoms with Crippen molar-refractivity contribution in [2.75, 3.05) is 12.4 Å². The van der Waals surface area contributed by atoms with Gasteiger partial charge in [0.05, 0.1) is 5.69 Å². The summed E-state index contributed by atoms with van der Waals surface area (Å²) in [6, 6.07) is 5.98. The van der Waals surface area contributed by atoms with Crippen molar-refractivity contribution in [2.24, 2.45) is 0 Å². The number of halogens is 1. The Balaban J connectivity index is 2.05. The highest BCUT2D eigenvalue weighted by Crippen LogP contribution is 2.08. The molecule has 2 aromatic rings. The maximum Gasteiger partial charge on any atom is 0.234 e. The fraction of sp³-hybridized carbons (Fsp3) is 0.333. The Morgan fingerprint density at radius 1 is 1.53 bits per heavy atom. The summed E-state index contributed by atoms with van der Waals surface area (Å²) in [4.78, 5) is 15.4. The number of rotatable bonds is 4. The lowest BCUT2D eigenvalue weighted by Gasteiger charge is -1.99. The van der Waals surface area contributed by atoms with Crippen molar-refractivity contribution in [1.29, 1.82) is 0 Å². The molecule has 0 spiro atoms. The third-order valence-corrected chi connectivity index (χ3v) is 2.81. The quantitative estimate of drug-likeness (QED) is 0.838. The molecular weight excluding hydrogens is 238 g/mol. The first-order valence-electron chi connectivity index (χ1n) is 5.47. The summed E-state index contributed by atoms with van der Waals surface area (Å²) in [5.74, 6) is -0.142. The molecule has 0 aliphatic rings. The van der Waals surface area contributed by atoms with Gasteiger partial charge in [-0.1, -0.05) is 6.07 Å². The third-order valence-electron chi connectivity index (χ3n) is 2.57. The number of pyridine rings is 1. The molecule has 0 saturated carbocycles. The van der Waals surface area contributed by atoms with Crippen LogP contribution < -0.4 is 5.32 Å². The van der Waals surface area contributed by atoms with Crippen LogP contribution >= 0.6 is 11.6 Å². The van der Waals surface area contributed by atoms with E-state index in [1.807, 2.05) is 35.7 Å². The molecule has 0 aromatic carbocycles. The SMILES string of the molecule is Cc1cccc2nc(CCNC(=O)CCl)cn12. The molecule has 5 heteroatoms. The molecule has 0 saturated heterocycles. The second-order valence-corrected chi connectivity index (χ2v) is 4.13. The number of hydrogen-bond acceptors (Lipinski definition) is 2. The van der Waals surface area contributed by atoms with Crippen LogP contribution in [0.25, 0.3) is 5.65 Å². The van der Waals surface area contributed by atoms with Crippen LogP contribution in [0.15, 0.2) is 24.4 Å². The molecule has 0 atom stereocenters. The van der Waals surface area contributed by atoms with E-state index in [-0.39, 0.29) is 11.8 Å². The number of carbonyl (C=O) groups is 1. The lowest BCUT2D eigenvalue weighted by Crippen LogP contribution is -2.26. The number of nitrogens with zero attached hydrogens (tertiary/aromatic N) is 2. The highest BCUT2D eigenvalue weighted by Gasteiger charge is 2.03. The van der Waals surface area contributed by atoms with E-state index in [1.165, 1.54) is 0 Å². The van der Waals surface area contributed by atoms with Gasteiger partial charge in [0.15, 0.2) is 0 Å². The van der Waals surface area contributed by atoms with Crippen LogP contribution in [-0.4, -0.2) is 27.7 Å². The van der Waals surface area contributed by atoms with Crippen molar-refractivity contribution in [3.63, 3.8) is 0 Å². The van der Waals surface area contributed by atoms with Crippen LogP contribution in [0.3, 0.4) is 0 Å². The van der Waals surface area contributed by atoms with Gasteiger partial charge in [-0.3, -0.25) is 4.79 Å². The number of imidazole rings is 1. The lowest BCUT2D eigenvalue weighted by atomic mass is 10.3. The Labute approximate surface area is 105 Å². The zero-order valence-electron chi connectivity index (χ0n) is 9.61. The van der Waals surface area contributed by atoms with E-state index in [1.54, 1.807) is 0 Å². The number of amides is 1. The van der Waals surface area contributed by atoms with Crippen molar-refractivity contribution in [1.82, 2.24) is 14.7 Å². The normalized spacial score (nSPS) is 10.7.